The molecule has 2 heterocycles. The summed E-state index contributed by atoms with van der Waals surface area (Å²) in [4.78, 5) is 34.0. The fraction of sp³-hybridized carbons (Fsp3) is 0.200. The van der Waals surface area contributed by atoms with Gasteiger partial charge in [-0.3, -0.25) is 9.78 Å². The molecule has 4 rings (SSSR count). The number of benzene rings is 2. The Morgan fingerprint density at radius 3 is 2.53 bits per heavy atom. The number of thiazole rings is 1. The molecule has 6 nitrogen and oxygen atoms in total. The Morgan fingerprint density at radius 2 is 1.75 bits per heavy atom. The highest BCUT2D eigenvalue weighted by Gasteiger charge is 2.18. The summed E-state index contributed by atoms with van der Waals surface area (Å²) in [5.41, 5.74) is 5.32. The van der Waals surface area contributed by atoms with Crippen LogP contribution in [-0.4, -0.2) is 21.8 Å². The number of carbonyl (C=O) groups is 2. The number of amides is 1. The number of ether oxygens (including phenoxy) is 1. The molecule has 0 aliphatic carbocycles. The van der Waals surface area contributed by atoms with Gasteiger partial charge in [0.15, 0.2) is 0 Å². The second-order valence-corrected chi connectivity index (χ2v) is 8.56. The Morgan fingerprint density at radius 1 is 1.00 bits per heavy atom. The zero-order chi connectivity index (χ0) is 22.7. The van der Waals surface area contributed by atoms with Gasteiger partial charge in [0.05, 0.1) is 28.9 Å². The maximum Gasteiger partial charge on any atom is 0.340 e. The van der Waals surface area contributed by atoms with Gasteiger partial charge >= 0.3 is 5.97 Å². The van der Waals surface area contributed by atoms with Gasteiger partial charge in [0.2, 0.25) is 5.91 Å². The molecule has 4 aromatic rings. The quantitative estimate of drug-likeness (QED) is 0.415. The Balaban J connectivity index is 1.38. The Hall–Kier alpha value is -3.58. The Bertz CT molecular complexity index is 1300. The van der Waals surface area contributed by atoms with E-state index in [1.54, 1.807) is 5.38 Å². The highest BCUT2D eigenvalue weighted by Crippen LogP contribution is 2.23. The van der Waals surface area contributed by atoms with Crippen molar-refractivity contribution in [2.24, 2.45) is 0 Å². The second-order valence-electron chi connectivity index (χ2n) is 7.61. The van der Waals surface area contributed by atoms with E-state index < -0.39 is 5.97 Å². The predicted octanol–water partition coefficient (Wildman–Crippen LogP) is 5.15. The normalized spacial score (nSPS) is 10.8. The highest BCUT2D eigenvalue weighted by molar-refractivity contribution is 7.09. The molecule has 0 unspecified atom stereocenters. The van der Waals surface area contributed by atoms with Gasteiger partial charge in [-0.1, -0.05) is 35.9 Å². The van der Waals surface area contributed by atoms with Crippen LogP contribution in [0.5, 0.6) is 0 Å². The first-order valence-corrected chi connectivity index (χ1v) is 11.1. The monoisotopic (exact) mass is 445 g/mol. The van der Waals surface area contributed by atoms with E-state index in [1.165, 1.54) is 11.3 Å². The summed E-state index contributed by atoms with van der Waals surface area (Å²) in [6.07, 6.45) is 0.166. The van der Waals surface area contributed by atoms with Crippen molar-refractivity contribution in [3.05, 3.63) is 87.0 Å². The smallest absolute Gasteiger partial charge is 0.340 e. The van der Waals surface area contributed by atoms with E-state index in [0.29, 0.717) is 22.0 Å². The van der Waals surface area contributed by atoms with Crippen LogP contribution in [0.4, 0.5) is 5.69 Å². The van der Waals surface area contributed by atoms with E-state index in [-0.39, 0.29) is 18.9 Å². The van der Waals surface area contributed by atoms with Crippen molar-refractivity contribution in [2.75, 3.05) is 5.32 Å². The van der Waals surface area contributed by atoms with Gasteiger partial charge < -0.3 is 10.1 Å². The van der Waals surface area contributed by atoms with Crippen LogP contribution in [0.1, 0.15) is 37.9 Å². The van der Waals surface area contributed by atoms with Crippen LogP contribution in [0.15, 0.2) is 53.9 Å². The van der Waals surface area contributed by atoms with Crippen LogP contribution in [0.25, 0.3) is 10.9 Å². The first kappa shape index (κ1) is 21.6. The lowest BCUT2D eigenvalue weighted by atomic mass is 10.0. The minimum Gasteiger partial charge on any atom is -0.455 e. The molecule has 0 aliphatic rings. The van der Waals surface area contributed by atoms with Gasteiger partial charge in [0.25, 0.3) is 0 Å². The lowest BCUT2D eigenvalue weighted by Gasteiger charge is -2.11. The number of para-hydroxylation sites is 1. The lowest BCUT2D eigenvalue weighted by Crippen LogP contribution is -2.14. The van der Waals surface area contributed by atoms with E-state index in [2.05, 4.69) is 15.3 Å². The molecule has 0 saturated carbocycles. The number of fused-ring (bicyclic) bond motifs is 1. The molecule has 1 amide bonds. The third-order valence-electron chi connectivity index (χ3n) is 5.13. The maximum atomic E-state index is 12.8. The Labute approximate surface area is 190 Å². The zero-order valence-corrected chi connectivity index (χ0v) is 19.0. The van der Waals surface area contributed by atoms with Gasteiger partial charge in [-0.25, -0.2) is 9.78 Å². The van der Waals surface area contributed by atoms with Crippen molar-refractivity contribution >= 4 is 39.8 Å². The summed E-state index contributed by atoms with van der Waals surface area (Å²) in [7, 11) is 0. The summed E-state index contributed by atoms with van der Waals surface area (Å²) in [6.45, 7) is 5.75. The van der Waals surface area contributed by atoms with Crippen LogP contribution < -0.4 is 5.32 Å². The zero-order valence-electron chi connectivity index (χ0n) is 18.1. The molecule has 0 bridgehead atoms. The number of esters is 1. The van der Waals surface area contributed by atoms with Crippen molar-refractivity contribution in [3.8, 4) is 0 Å². The third kappa shape index (κ3) is 4.84. The number of hydrogen-bond acceptors (Lipinski definition) is 6. The van der Waals surface area contributed by atoms with E-state index in [4.69, 9.17) is 4.74 Å². The molecule has 2 aromatic carbocycles. The van der Waals surface area contributed by atoms with Gasteiger partial charge in [0, 0.05) is 16.5 Å². The van der Waals surface area contributed by atoms with E-state index >= 15 is 0 Å². The van der Waals surface area contributed by atoms with Crippen molar-refractivity contribution in [3.63, 3.8) is 0 Å². The summed E-state index contributed by atoms with van der Waals surface area (Å²) >= 11 is 1.37. The van der Waals surface area contributed by atoms with Gasteiger partial charge in [-0.05, 0) is 44.5 Å². The number of nitrogens with zero attached hydrogens (tertiary/aromatic N) is 2. The topological polar surface area (TPSA) is 81.2 Å². The van der Waals surface area contributed by atoms with E-state index in [1.807, 2.05) is 69.3 Å². The molecular weight excluding hydrogens is 422 g/mol. The van der Waals surface area contributed by atoms with Gasteiger partial charge in [0.1, 0.15) is 11.6 Å². The fourth-order valence-corrected chi connectivity index (χ4v) is 4.30. The minimum absolute atomic E-state index is 0.0423. The minimum atomic E-state index is -0.426. The molecule has 2 aromatic heterocycles. The molecule has 162 valence electrons. The van der Waals surface area contributed by atoms with Crippen LogP contribution >= 0.6 is 11.3 Å². The number of aromatic nitrogens is 2. The third-order valence-corrected chi connectivity index (χ3v) is 6.03. The van der Waals surface area contributed by atoms with Crippen LogP contribution in [0, 0.1) is 20.8 Å². The number of hydrogen-bond donors (Lipinski definition) is 1. The first-order valence-electron chi connectivity index (χ1n) is 10.2. The van der Waals surface area contributed by atoms with Crippen molar-refractivity contribution in [2.45, 2.75) is 33.8 Å². The largest absolute Gasteiger partial charge is 0.455 e. The molecule has 0 saturated heterocycles. The molecule has 0 fully saturated rings. The lowest BCUT2D eigenvalue weighted by molar-refractivity contribution is -0.115. The maximum absolute atomic E-state index is 12.8. The van der Waals surface area contributed by atoms with Crippen LogP contribution in [0.2, 0.25) is 0 Å². The first-order chi connectivity index (χ1) is 15.4. The predicted molar refractivity (Wildman–Crippen MR) is 126 cm³/mol. The molecule has 0 radical (unpaired) electrons. The number of pyridine rings is 1. The van der Waals surface area contributed by atoms with Crippen LogP contribution in [-0.2, 0) is 22.6 Å². The molecule has 1 N–H and O–H groups in total. The van der Waals surface area contributed by atoms with Crippen molar-refractivity contribution in [1.29, 1.82) is 0 Å². The molecule has 7 heteroatoms. The Kier molecular flexibility index (Phi) is 6.28. The van der Waals surface area contributed by atoms with E-state index in [9.17, 15) is 9.59 Å². The average Bonchev–Trinajstić information content (AvgIpc) is 3.21. The fourth-order valence-electron chi connectivity index (χ4n) is 3.52. The van der Waals surface area contributed by atoms with Gasteiger partial charge in [-0.15, -0.1) is 11.3 Å². The SMILES string of the molecule is Cc1ccc(NC(=O)Cc2nc(COC(=O)c3c(C)nc4ccccc4c3C)cs2)cc1. The highest BCUT2D eigenvalue weighted by atomic mass is 32.1. The number of rotatable bonds is 6. The van der Waals surface area contributed by atoms with Crippen molar-refractivity contribution < 1.29 is 14.3 Å². The molecule has 0 aliphatic heterocycles. The average molecular weight is 446 g/mol. The van der Waals surface area contributed by atoms with E-state index in [0.717, 1.165) is 27.7 Å². The molecule has 0 atom stereocenters. The molecule has 0 spiro atoms. The summed E-state index contributed by atoms with van der Waals surface area (Å²) in [5, 5.41) is 6.26. The number of anilines is 1. The van der Waals surface area contributed by atoms with Crippen LogP contribution in [0.3, 0.4) is 0 Å². The number of carbonyl (C=O) groups excluding carboxylic acids is 2. The summed E-state index contributed by atoms with van der Waals surface area (Å²) < 4.78 is 5.51. The number of aryl methyl sites for hydroxylation is 3. The summed E-state index contributed by atoms with van der Waals surface area (Å²) in [5.74, 6) is -0.565. The van der Waals surface area contributed by atoms with Crippen molar-refractivity contribution in [1.82, 2.24) is 9.97 Å². The second kappa shape index (κ2) is 9.28. The summed E-state index contributed by atoms with van der Waals surface area (Å²) in [6, 6.07) is 15.3. The molecule has 32 heavy (non-hydrogen) atoms. The number of nitrogens with one attached hydrogen (secondary N) is 1. The standard InChI is InChI=1S/C25H23N3O3S/c1-15-8-10-18(11-9-15)27-22(29)12-23-28-19(14-32-23)13-31-25(30)24-16(2)20-6-4-5-7-21(20)26-17(24)3/h4-11,14H,12-13H2,1-3H3,(H,27,29). The molecular formula is C25H23N3O3S. The van der Waals surface area contributed by atoms with Gasteiger partial charge in [-0.2, -0.15) is 0 Å².